The zero-order valence-corrected chi connectivity index (χ0v) is 13.9. The molecule has 2 rings (SSSR count). The average Bonchev–Trinajstić information content (AvgIpc) is 2.54. The van der Waals surface area contributed by atoms with Crippen LogP contribution in [0.3, 0.4) is 0 Å². The molecule has 0 aliphatic heterocycles. The van der Waals surface area contributed by atoms with Crippen molar-refractivity contribution in [1.29, 1.82) is 0 Å². The summed E-state index contributed by atoms with van der Waals surface area (Å²) < 4.78 is 4.84. The fourth-order valence-corrected chi connectivity index (χ4v) is 2.91. The average molecular weight is 313 g/mol. The highest BCUT2D eigenvalue weighted by Crippen LogP contribution is 2.20. The van der Waals surface area contributed by atoms with E-state index in [2.05, 4.69) is 5.32 Å². The van der Waals surface area contributed by atoms with Crippen molar-refractivity contribution in [3.8, 4) is 0 Å². The zero-order chi connectivity index (χ0) is 16.9. The second-order valence-electron chi connectivity index (χ2n) is 5.94. The van der Waals surface area contributed by atoms with Gasteiger partial charge in [-0.05, 0) is 29.7 Å². The molecule has 23 heavy (non-hydrogen) atoms. The third-order valence-electron chi connectivity index (χ3n) is 4.03. The molecule has 0 fully saturated rings. The van der Waals surface area contributed by atoms with Crippen LogP contribution in [0.4, 0.5) is 0 Å². The predicted octanol–water partition coefficient (Wildman–Crippen LogP) is 3.23. The van der Waals surface area contributed by atoms with E-state index < -0.39 is 11.5 Å². The number of carbonyl (C=O) groups is 2. The number of nitrogens with one attached hydrogen (secondary N) is 1. The SMILES string of the molecule is CCCC(C)(NC(=O)Cc1cccc2ccccc12)C(=O)OC. The summed E-state index contributed by atoms with van der Waals surface area (Å²) in [7, 11) is 1.34. The first-order chi connectivity index (χ1) is 11.0. The Morgan fingerprint density at radius 2 is 1.83 bits per heavy atom. The summed E-state index contributed by atoms with van der Waals surface area (Å²) in [5.74, 6) is -0.590. The molecule has 2 aromatic rings. The first-order valence-electron chi connectivity index (χ1n) is 7.86. The number of carbonyl (C=O) groups excluding carboxylic acids is 2. The molecule has 0 saturated carbocycles. The number of benzene rings is 2. The monoisotopic (exact) mass is 313 g/mol. The summed E-state index contributed by atoms with van der Waals surface area (Å²) in [6.45, 7) is 3.68. The Hall–Kier alpha value is -2.36. The summed E-state index contributed by atoms with van der Waals surface area (Å²) in [6, 6.07) is 13.9. The molecule has 1 N–H and O–H groups in total. The van der Waals surface area contributed by atoms with Crippen LogP contribution in [0.5, 0.6) is 0 Å². The number of esters is 1. The molecule has 1 atom stereocenters. The highest BCUT2D eigenvalue weighted by atomic mass is 16.5. The van der Waals surface area contributed by atoms with Crippen molar-refractivity contribution in [3.05, 3.63) is 48.0 Å². The number of rotatable bonds is 6. The molecule has 4 nitrogen and oxygen atoms in total. The molecule has 0 aliphatic rings. The van der Waals surface area contributed by atoms with Gasteiger partial charge >= 0.3 is 5.97 Å². The number of hydrogen-bond donors (Lipinski definition) is 1. The topological polar surface area (TPSA) is 55.4 Å². The quantitative estimate of drug-likeness (QED) is 0.833. The van der Waals surface area contributed by atoms with Crippen molar-refractivity contribution in [2.45, 2.75) is 38.6 Å². The Kier molecular flexibility index (Phi) is 5.37. The summed E-state index contributed by atoms with van der Waals surface area (Å²) in [5, 5.41) is 5.00. The first-order valence-corrected chi connectivity index (χ1v) is 7.86. The van der Waals surface area contributed by atoms with Crippen molar-refractivity contribution in [2.24, 2.45) is 0 Å². The van der Waals surface area contributed by atoms with Crippen LogP contribution < -0.4 is 5.32 Å². The number of methoxy groups -OCH3 is 1. The lowest BCUT2D eigenvalue weighted by Gasteiger charge is -2.27. The van der Waals surface area contributed by atoms with E-state index in [1.807, 2.05) is 49.4 Å². The molecule has 0 spiro atoms. The van der Waals surface area contributed by atoms with Gasteiger partial charge in [0.05, 0.1) is 13.5 Å². The molecule has 1 amide bonds. The van der Waals surface area contributed by atoms with Gasteiger partial charge in [-0.3, -0.25) is 4.79 Å². The number of hydrogen-bond acceptors (Lipinski definition) is 3. The predicted molar refractivity (Wildman–Crippen MR) is 91.1 cm³/mol. The Labute approximate surface area is 136 Å². The molecule has 1 unspecified atom stereocenters. The van der Waals surface area contributed by atoms with Gasteiger partial charge in [0.25, 0.3) is 0 Å². The van der Waals surface area contributed by atoms with Crippen LogP contribution in [0.2, 0.25) is 0 Å². The standard InChI is InChI=1S/C19H23NO3/c1-4-12-19(2,18(22)23-3)20-17(21)13-15-10-7-9-14-8-5-6-11-16(14)15/h5-11H,4,12-13H2,1-3H3,(H,20,21). The van der Waals surface area contributed by atoms with Gasteiger partial charge in [-0.2, -0.15) is 0 Å². The minimum Gasteiger partial charge on any atom is -0.467 e. The van der Waals surface area contributed by atoms with E-state index in [4.69, 9.17) is 4.74 Å². The maximum atomic E-state index is 12.4. The Morgan fingerprint density at radius 1 is 1.13 bits per heavy atom. The van der Waals surface area contributed by atoms with E-state index in [0.29, 0.717) is 6.42 Å². The van der Waals surface area contributed by atoms with Crippen LogP contribution in [-0.4, -0.2) is 24.5 Å². The molecular weight excluding hydrogens is 290 g/mol. The summed E-state index contributed by atoms with van der Waals surface area (Å²) in [4.78, 5) is 24.4. The molecule has 0 bridgehead atoms. The molecule has 122 valence electrons. The Bertz CT molecular complexity index is 705. The molecule has 0 aliphatic carbocycles. The maximum absolute atomic E-state index is 12.4. The third-order valence-corrected chi connectivity index (χ3v) is 4.03. The normalized spacial score (nSPS) is 13.3. The van der Waals surface area contributed by atoms with Crippen LogP contribution in [0.25, 0.3) is 10.8 Å². The zero-order valence-electron chi connectivity index (χ0n) is 13.9. The van der Waals surface area contributed by atoms with Gasteiger partial charge in [0.1, 0.15) is 5.54 Å². The highest BCUT2D eigenvalue weighted by Gasteiger charge is 2.35. The van der Waals surface area contributed by atoms with Gasteiger partial charge in [0, 0.05) is 0 Å². The van der Waals surface area contributed by atoms with Gasteiger partial charge < -0.3 is 10.1 Å². The summed E-state index contributed by atoms with van der Waals surface area (Å²) in [6.07, 6.45) is 1.55. The largest absolute Gasteiger partial charge is 0.467 e. The van der Waals surface area contributed by atoms with Crippen LogP contribution in [0.15, 0.2) is 42.5 Å². The molecule has 2 aromatic carbocycles. The number of ether oxygens (including phenoxy) is 1. The lowest BCUT2D eigenvalue weighted by Crippen LogP contribution is -2.53. The van der Waals surface area contributed by atoms with E-state index in [0.717, 1.165) is 22.8 Å². The van der Waals surface area contributed by atoms with Crippen molar-refractivity contribution in [2.75, 3.05) is 7.11 Å². The van der Waals surface area contributed by atoms with Gasteiger partial charge in [-0.25, -0.2) is 4.79 Å². The lowest BCUT2D eigenvalue weighted by atomic mass is 9.95. The fraction of sp³-hybridized carbons (Fsp3) is 0.368. The Balaban J connectivity index is 2.19. The van der Waals surface area contributed by atoms with Crippen molar-refractivity contribution in [1.82, 2.24) is 5.32 Å². The molecule has 0 aromatic heterocycles. The van der Waals surface area contributed by atoms with E-state index in [1.54, 1.807) is 6.92 Å². The lowest BCUT2D eigenvalue weighted by molar-refractivity contribution is -0.150. The highest BCUT2D eigenvalue weighted by molar-refractivity contribution is 5.92. The van der Waals surface area contributed by atoms with Gasteiger partial charge in [-0.1, -0.05) is 55.8 Å². The number of fused-ring (bicyclic) bond motifs is 1. The molecule has 4 heteroatoms. The summed E-state index contributed by atoms with van der Waals surface area (Å²) >= 11 is 0. The molecule has 0 radical (unpaired) electrons. The minimum absolute atomic E-state index is 0.178. The van der Waals surface area contributed by atoms with Crippen LogP contribution in [0.1, 0.15) is 32.3 Å². The smallest absolute Gasteiger partial charge is 0.331 e. The van der Waals surface area contributed by atoms with Crippen LogP contribution >= 0.6 is 0 Å². The third kappa shape index (κ3) is 3.89. The number of amides is 1. The fourth-order valence-electron chi connectivity index (χ4n) is 2.91. The van der Waals surface area contributed by atoms with Gasteiger partial charge in [0.15, 0.2) is 0 Å². The molecular formula is C19H23NO3. The van der Waals surface area contributed by atoms with Gasteiger partial charge in [0.2, 0.25) is 5.91 Å². The van der Waals surface area contributed by atoms with Crippen molar-refractivity contribution in [3.63, 3.8) is 0 Å². The van der Waals surface area contributed by atoms with Crippen LogP contribution in [0, 0.1) is 0 Å². The first kappa shape index (κ1) is 17.0. The van der Waals surface area contributed by atoms with E-state index in [9.17, 15) is 9.59 Å². The van der Waals surface area contributed by atoms with Gasteiger partial charge in [-0.15, -0.1) is 0 Å². The van der Waals surface area contributed by atoms with Crippen molar-refractivity contribution < 1.29 is 14.3 Å². The van der Waals surface area contributed by atoms with E-state index in [-0.39, 0.29) is 12.3 Å². The van der Waals surface area contributed by atoms with Crippen LogP contribution in [-0.2, 0) is 20.7 Å². The minimum atomic E-state index is -0.981. The van der Waals surface area contributed by atoms with E-state index in [1.165, 1.54) is 7.11 Å². The molecule has 0 saturated heterocycles. The second-order valence-corrected chi connectivity index (χ2v) is 5.94. The van der Waals surface area contributed by atoms with Crippen molar-refractivity contribution >= 4 is 22.6 Å². The second kappa shape index (κ2) is 7.27. The maximum Gasteiger partial charge on any atom is 0.331 e. The Morgan fingerprint density at radius 3 is 2.52 bits per heavy atom. The van der Waals surface area contributed by atoms with E-state index >= 15 is 0 Å². The molecule has 0 heterocycles. The summed E-state index contributed by atoms with van der Waals surface area (Å²) in [5.41, 5.74) is -0.0325.